The molecule has 1 amide bonds. The number of amides is 1. The molecule has 2 aliphatic rings. The zero-order chi connectivity index (χ0) is 20.6. The molecule has 4 rings (SSSR count). The van der Waals surface area contributed by atoms with Gasteiger partial charge in [-0.25, -0.2) is 13.6 Å². The number of nitrogens with two attached hydrogens (primary N) is 1. The lowest BCUT2D eigenvalue weighted by Crippen LogP contribution is -2.36. The van der Waals surface area contributed by atoms with Gasteiger partial charge in [0.2, 0.25) is 21.1 Å². The molecule has 0 spiro atoms. The zero-order valence-electron chi connectivity index (χ0n) is 15.8. The average molecular weight is 456 g/mol. The Labute approximate surface area is 177 Å². The summed E-state index contributed by atoms with van der Waals surface area (Å²) < 4.78 is 29.2. The third-order valence-electron chi connectivity index (χ3n) is 4.86. The number of nitrogens with zero attached hydrogens (tertiary/aromatic N) is 4. The summed E-state index contributed by atoms with van der Waals surface area (Å²) in [6.45, 7) is 4.89. The number of sulfonamides is 1. The van der Waals surface area contributed by atoms with E-state index in [1.165, 1.54) is 29.2 Å². The Morgan fingerprint density at radius 3 is 2.83 bits per heavy atom. The van der Waals surface area contributed by atoms with Crippen LogP contribution in [0.2, 0.25) is 0 Å². The fourth-order valence-corrected chi connectivity index (χ4v) is 5.82. The normalized spacial score (nSPS) is 19.4. The molecule has 3 heterocycles. The maximum Gasteiger partial charge on any atom is 0.238 e. The Balaban J connectivity index is 1.42. The van der Waals surface area contributed by atoms with Gasteiger partial charge in [0.1, 0.15) is 0 Å². The standard InChI is InChI=1S/C17H21N5O4S3/c1-11-8-12-9-13(29(18,24)25)2-3-14(12)22(11)15(23)10-27-17-20-19-16(28-17)21-4-6-26-7-5-21/h2-3,9,11H,4-8,10H2,1H3,(H2,18,24,25). The molecular weight excluding hydrogens is 434 g/mol. The van der Waals surface area contributed by atoms with E-state index >= 15 is 0 Å². The Bertz CT molecular complexity index is 1020. The number of morpholine rings is 1. The van der Waals surface area contributed by atoms with Crippen LogP contribution in [0.3, 0.4) is 0 Å². The largest absolute Gasteiger partial charge is 0.378 e. The summed E-state index contributed by atoms with van der Waals surface area (Å²) in [5.41, 5.74) is 1.55. The number of fused-ring (bicyclic) bond motifs is 1. The van der Waals surface area contributed by atoms with Gasteiger partial charge in [0.05, 0.1) is 23.9 Å². The molecule has 1 aromatic heterocycles. The average Bonchev–Trinajstić information content (AvgIpc) is 3.29. The number of hydrogen-bond donors (Lipinski definition) is 1. The second kappa shape index (κ2) is 8.19. The smallest absolute Gasteiger partial charge is 0.238 e. The molecule has 1 fully saturated rings. The van der Waals surface area contributed by atoms with Gasteiger partial charge in [0, 0.05) is 24.8 Å². The highest BCUT2D eigenvalue weighted by Crippen LogP contribution is 2.35. The number of hydrogen-bond acceptors (Lipinski definition) is 9. The molecule has 0 radical (unpaired) electrons. The van der Waals surface area contributed by atoms with E-state index in [9.17, 15) is 13.2 Å². The zero-order valence-corrected chi connectivity index (χ0v) is 18.2. The van der Waals surface area contributed by atoms with Crippen molar-refractivity contribution >= 4 is 49.8 Å². The van der Waals surface area contributed by atoms with Crippen LogP contribution in [0.5, 0.6) is 0 Å². The van der Waals surface area contributed by atoms with Crippen molar-refractivity contribution in [1.29, 1.82) is 0 Å². The van der Waals surface area contributed by atoms with Crippen LogP contribution < -0.4 is 14.9 Å². The first-order valence-corrected chi connectivity index (χ1v) is 12.4. The first-order valence-electron chi connectivity index (χ1n) is 9.10. The maximum atomic E-state index is 12.9. The quantitative estimate of drug-likeness (QED) is 0.666. The summed E-state index contributed by atoms with van der Waals surface area (Å²) in [5.74, 6) is 0.186. The third kappa shape index (κ3) is 4.40. The summed E-state index contributed by atoms with van der Waals surface area (Å²) in [7, 11) is -3.77. The van der Waals surface area contributed by atoms with Gasteiger partial charge in [-0.05, 0) is 37.1 Å². The molecule has 29 heavy (non-hydrogen) atoms. The summed E-state index contributed by atoms with van der Waals surface area (Å²) in [6, 6.07) is 4.61. The molecule has 1 saturated heterocycles. The lowest BCUT2D eigenvalue weighted by atomic mass is 10.1. The van der Waals surface area contributed by atoms with Crippen molar-refractivity contribution in [3.63, 3.8) is 0 Å². The van der Waals surface area contributed by atoms with Gasteiger partial charge in [0.15, 0.2) is 4.34 Å². The van der Waals surface area contributed by atoms with Crippen LogP contribution in [0.15, 0.2) is 27.4 Å². The van der Waals surface area contributed by atoms with Gasteiger partial charge in [-0.2, -0.15) is 0 Å². The lowest BCUT2D eigenvalue weighted by molar-refractivity contribution is -0.116. The topological polar surface area (TPSA) is 119 Å². The highest BCUT2D eigenvalue weighted by molar-refractivity contribution is 8.01. The van der Waals surface area contributed by atoms with Gasteiger partial charge in [-0.15, -0.1) is 10.2 Å². The highest BCUT2D eigenvalue weighted by Gasteiger charge is 2.32. The molecule has 2 N–H and O–H groups in total. The van der Waals surface area contributed by atoms with Crippen LogP contribution >= 0.6 is 23.1 Å². The lowest BCUT2D eigenvalue weighted by Gasteiger charge is -2.25. The minimum Gasteiger partial charge on any atom is -0.378 e. The van der Waals surface area contributed by atoms with E-state index in [0.29, 0.717) is 19.6 Å². The van der Waals surface area contributed by atoms with Crippen LogP contribution in [0.1, 0.15) is 12.5 Å². The Kier molecular flexibility index (Phi) is 5.80. The summed E-state index contributed by atoms with van der Waals surface area (Å²) >= 11 is 2.84. The molecule has 1 atom stereocenters. The maximum absolute atomic E-state index is 12.9. The van der Waals surface area contributed by atoms with Crippen LogP contribution in [-0.4, -0.2) is 62.6 Å². The van der Waals surface area contributed by atoms with Crippen molar-refractivity contribution in [3.8, 4) is 0 Å². The fraction of sp³-hybridized carbons (Fsp3) is 0.471. The molecule has 1 unspecified atom stereocenters. The number of ether oxygens (including phenoxy) is 1. The molecule has 0 bridgehead atoms. The Morgan fingerprint density at radius 2 is 2.10 bits per heavy atom. The van der Waals surface area contributed by atoms with Crippen molar-refractivity contribution in [2.75, 3.05) is 41.9 Å². The molecule has 2 aromatic rings. The molecule has 1 aromatic carbocycles. The molecular formula is C17H21N5O4S3. The van der Waals surface area contributed by atoms with Crippen molar-refractivity contribution in [3.05, 3.63) is 23.8 Å². The number of carbonyl (C=O) groups is 1. The number of primary sulfonamides is 1. The minimum atomic E-state index is -3.77. The summed E-state index contributed by atoms with van der Waals surface area (Å²) in [6.07, 6.45) is 0.592. The summed E-state index contributed by atoms with van der Waals surface area (Å²) in [4.78, 5) is 16.8. The van der Waals surface area contributed by atoms with E-state index in [1.807, 2.05) is 6.92 Å². The van der Waals surface area contributed by atoms with Crippen molar-refractivity contribution in [2.24, 2.45) is 5.14 Å². The van der Waals surface area contributed by atoms with E-state index in [0.717, 1.165) is 33.8 Å². The minimum absolute atomic E-state index is 0.0484. The molecule has 2 aliphatic heterocycles. The van der Waals surface area contributed by atoms with Crippen molar-refractivity contribution in [2.45, 2.75) is 28.6 Å². The van der Waals surface area contributed by atoms with Gasteiger partial charge < -0.3 is 14.5 Å². The van der Waals surface area contributed by atoms with E-state index in [4.69, 9.17) is 9.88 Å². The van der Waals surface area contributed by atoms with E-state index in [1.54, 1.807) is 17.0 Å². The first kappa shape index (κ1) is 20.5. The van der Waals surface area contributed by atoms with Crippen molar-refractivity contribution in [1.82, 2.24) is 10.2 Å². The van der Waals surface area contributed by atoms with E-state index in [2.05, 4.69) is 15.1 Å². The molecule has 9 nitrogen and oxygen atoms in total. The Morgan fingerprint density at radius 1 is 1.34 bits per heavy atom. The molecule has 0 aliphatic carbocycles. The monoisotopic (exact) mass is 455 g/mol. The fourth-order valence-electron chi connectivity index (χ4n) is 3.50. The highest BCUT2D eigenvalue weighted by atomic mass is 32.2. The number of benzene rings is 1. The van der Waals surface area contributed by atoms with E-state index < -0.39 is 10.0 Å². The van der Waals surface area contributed by atoms with E-state index in [-0.39, 0.29) is 22.6 Å². The van der Waals surface area contributed by atoms with Crippen LogP contribution in [0.4, 0.5) is 10.8 Å². The first-order chi connectivity index (χ1) is 13.8. The molecule has 12 heteroatoms. The number of carbonyl (C=O) groups excluding carboxylic acids is 1. The summed E-state index contributed by atoms with van der Waals surface area (Å²) in [5, 5.41) is 14.5. The van der Waals surface area contributed by atoms with Crippen LogP contribution in [0, 0.1) is 0 Å². The molecule has 0 saturated carbocycles. The van der Waals surface area contributed by atoms with Gasteiger partial charge in [-0.1, -0.05) is 23.1 Å². The number of rotatable bonds is 5. The van der Waals surface area contributed by atoms with Crippen molar-refractivity contribution < 1.29 is 17.9 Å². The number of anilines is 2. The second-order valence-corrected chi connectivity index (χ2v) is 10.6. The van der Waals surface area contributed by atoms with Gasteiger partial charge >= 0.3 is 0 Å². The van der Waals surface area contributed by atoms with Crippen LogP contribution in [-0.2, 0) is 26.0 Å². The molecule has 156 valence electrons. The SMILES string of the molecule is CC1Cc2cc(S(N)(=O)=O)ccc2N1C(=O)CSc1nnc(N2CCOCC2)s1. The number of thioether (sulfide) groups is 1. The van der Waals surface area contributed by atoms with Gasteiger partial charge in [0.25, 0.3) is 0 Å². The van der Waals surface area contributed by atoms with Crippen LogP contribution in [0.25, 0.3) is 0 Å². The Hall–Kier alpha value is -1.73. The predicted molar refractivity (Wildman–Crippen MR) is 112 cm³/mol. The third-order valence-corrected chi connectivity index (χ3v) is 7.87. The van der Waals surface area contributed by atoms with Gasteiger partial charge in [-0.3, -0.25) is 4.79 Å². The predicted octanol–water partition coefficient (Wildman–Crippen LogP) is 1.09. The second-order valence-electron chi connectivity index (χ2n) is 6.89. The number of aromatic nitrogens is 2.